The van der Waals surface area contributed by atoms with Crippen LogP contribution in [-0.4, -0.2) is 11.9 Å². The first-order valence-electron chi connectivity index (χ1n) is 8.29. The third kappa shape index (κ3) is 4.90. The van der Waals surface area contributed by atoms with E-state index in [4.69, 9.17) is 10.00 Å². The third-order valence-electron chi connectivity index (χ3n) is 3.78. The summed E-state index contributed by atoms with van der Waals surface area (Å²) in [6, 6.07) is 19.0. The van der Waals surface area contributed by atoms with Crippen molar-refractivity contribution in [2.45, 2.75) is 13.0 Å². The van der Waals surface area contributed by atoms with Gasteiger partial charge in [0.05, 0.1) is 4.88 Å². The highest BCUT2D eigenvalue weighted by Crippen LogP contribution is 2.28. The van der Waals surface area contributed by atoms with Gasteiger partial charge in [0, 0.05) is 4.88 Å². The maximum absolute atomic E-state index is 13.0. The molecule has 3 aromatic rings. The predicted molar refractivity (Wildman–Crippen MR) is 105 cm³/mol. The van der Waals surface area contributed by atoms with Gasteiger partial charge in [0.15, 0.2) is 11.9 Å². The molecule has 1 unspecified atom stereocenters. The average molecular weight is 377 g/mol. The van der Waals surface area contributed by atoms with Gasteiger partial charge >= 0.3 is 0 Å². The normalized spacial score (nSPS) is 11.9. The van der Waals surface area contributed by atoms with Crippen LogP contribution in [0.15, 0.2) is 66.7 Å². The summed E-state index contributed by atoms with van der Waals surface area (Å²) < 4.78 is 18.4. The molecule has 0 saturated heterocycles. The van der Waals surface area contributed by atoms with Crippen LogP contribution in [0, 0.1) is 17.1 Å². The van der Waals surface area contributed by atoms with Crippen molar-refractivity contribution >= 4 is 23.2 Å². The summed E-state index contributed by atoms with van der Waals surface area (Å²) in [5.74, 6) is 0.231. The number of benzene rings is 2. The summed E-state index contributed by atoms with van der Waals surface area (Å²) in [5.41, 5.74) is 1.74. The van der Waals surface area contributed by atoms with E-state index >= 15 is 0 Å². The number of ether oxygens (including phenoxy) is 1. The lowest BCUT2D eigenvalue weighted by Gasteiger charge is -2.07. The number of carbonyl (C=O) groups is 1. The van der Waals surface area contributed by atoms with Crippen LogP contribution in [-0.2, 0) is 0 Å². The second-order valence-electron chi connectivity index (χ2n) is 5.83. The van der Waals surface area contributed by atoms with E-state index in [1.54, 1.807) is 43.3 Å². The molecule has 0 aliphatic heterocycles. The lowest BCUT2D eigenvalue weighted by atomic mass is 10.1. The van der Waals surface area contributed by atoms with E-state index in [1.807, 2.05) is 24.3 Å². The Kier molecular flexibility index (Phi) is 5.80. The number of thiophene rings is 1. The molecule has 0 aliphatic carbocycles. The van der Waals surface area contributed by atoms with Crippen molar-refractivity contribution in [3.05, 3.63) is 83.0 Å². The molecule has 3 rings (SSSR count). The summed E-state index contributed by atoms with van der Waals surface area (Å²) in [4.78, 5) is 13.9. The highest BCUT2D eigenvalue weighted by Gasteiger charge is 2.08. The molecule has 0 radical (unpaired) electrons. The van der Waals surface area contributed by atoms with Crippen LogP contribution in [0.3, 0.4) is 0 Å². The fourth-order valence-electron chi connectivity index (χ4n) is 2.38. The maximum atomic E-state index is 13.0. The topological polar surface area (TPSA) is 50.1 Å². The van der Waals surface area contributed by atoms with Crippen molar-refractivity contribution in [1.29, 1.82) is 5.26 Å². The number of carbonyl (C=O) groups excluding carboxylic acids is 1. The first-order valence-corrected chi connectivity index (χ1v) is 9.11. The van der Waals surface area contributed by atoms with Crippen LogP contribution >= 0.6 is 11.3 Å². The van der Waals surface area contributed by atoms with Crippen molar-refractivity contribution in [2.75, 3.05) is 0 Å². The van der Waals surface area contributed by atoms with Gasteiger partial charge in [0.2, 0.25) is 0 Å². The Hall–Kier alpha value is -3.23. The fourth-order valence-corrected chi connectivity index (χ4v) is 3.31. The van der Waals surface area contributed by atoms with Crippen molar-refractivity contribution in [3.8, 4) is 22.3 Å². The molecule has 1 aromatic heterocycles. The lowest BCUT2D eigenvalue weighted by molar-refractivity contribution is 0.105. The van der Waals surface area contributed by atoms with Crippen LogP contribution in [0.2, 0.25) is 0 Å². The van der Waals surface area contributed by atoms with Crippen LogP contribution in [0.25, 0.3) is 16.5 Å². The van der Waals surface area contributed by atoms with Crippen LogP contribution < -0.4 is 4.74 Å². The zero-order chi connectivity index (χ0) is 19.2. The molecular formula is C22H16FNO2S. The van der Waals surface area contributed by atoms with E-state index in [2.05, 4.69) is 0 Å². The summed E-state index contributed by atoms with van der Waals surface area (Å²) in [6.45, 7) is 1.67. The van der Waals surface area contributed by atoms with Gasteiger partial charge in [0.25, 0.3) is 0 Å². The first-order chi connectivity index (χ1) is 13.0. The molecule has 0 fully saturated rings. The first kappa shape index (κ1) is 18.6. The van der Waals surface area contributed by atoms with Gasteiger partial charge in [-0.1, -0.05) is 30.3 Å². The van der Waals surface area contributed by atoms with Gasteiger partial charge in [-0.05, 0) is 60.5 Å². The Labute approximate surface area is 161 Å². The summed E-state index contributed by atoms with van der Waals surface area (Å²) in [7, 11) is 0. The van der Waals surface area contributed by atoms with Gasteiger partial charge in [-0.2, -0.15) is 5.26 Å². The minimum atomic E-state index is -0.512. The molecule has 0 spiro atoms. The molecule has 0 N–H and O–H groups in total. The molecule has 1 heterocycles. The Morgan fingerprint density at radius 3 is 2.48 bits per heavy atom. The number of allylic oxidation sites excluding steroid dienone is 1. The van der Waals surface area contributed by atoms with Gasteiger partial charge in [0.1, 0.15) is 17.6 Å². The minimum Gasteiger partial charge on any atom is -0.476 e. The van der Waals surface area contributed by atoms with Crippen molar-refractivity contribution < 1.29 is 13.9 Å². The Bertz CT molecular complexity index is 998. The number of halogens is 1. The van der Waals surface area contributed by atoms with E-state index in [0.717, 1.165) is 16.0 Å². The fraction of sp³-hybridized carbons (Fsp3) is 0.0909. The van der Waals surface area contributed by atoms with Gasteiger partial charge in [-0.25, -0.2) is 4.39 Å². The molecule has 0 saturated carbocycles. The smallest absolute Gasteiger partial charge is 0.195 e. The Morgan fingerprint density at radius 1 is 1.11 bits per heavy atom. The SMILES string of the molecule is CC(C#N)Oc1ccc(/C=C/C(=O)c2ccc(-c3ccc(F)cc3)s2)cc1. The molecule has 0 amide bonds. The van der Waals surface area contributed by atoms with E-state index in [0.29, 0.717) is 10.6 Å². The zero-order valence-electron chi connectivity index (χ0n) is 14.6. The minimum absolute atomic E-state index is 0.0909. The largest absolute Gasteiger partial charge is 0.476 e. The van der Waals surface area contributed by atoms with E-state index in [-0.39, 0.29) is 11.6 Å². The molecule has 2 aromatic carbocycles. The maximum Gasteiger partial charge on any atom is 0.195 e. The number of hydrogen-bond acceptors (Lipinski definition) is 4. The second kappa shape index (κ2) is 8.43. The van der Waals surface area contributed by atoms with Crippen molar-refractivity contribution in [1.82, 2.24) is 0 Å². The van der Waals surface area contributed by atoms with Gasteiger partial charge < -0.3 is 4.74 Å². The third-order valence-corrected chi connectivity index (χ3v) is 4.93. The average Bonchev–Trinajstić information content (AvgIpc) is 3.18. The lowest BCUT2D eigenvalue weighted by Crippen LogP contribution is -2.07. The summed E-state index contributed by atoms with van der Waals surface area (Å²) >= 11 is 1.37. The van der Waals surface area contributed by atoms with Crippen LogP contribution in [0.5, 0.6) is 5.75 Å². The summed E-state index contributed by atoms with van der Waals surface area (Å²) in [5, 5.41) is 8.75. The van der Waals surface area contributed by atoms with Crippen LogP contribution in [0.4, 0.5) is 4.39 Å². The second-order valence-corrected chi connectivity index (χ2v) is 6.91. The standard InChI is InChI=1S/C22H16FNO2S/c1-15(14-24)26-19-9-2-16(3-10-19)4-11-20(25)22-13-12-21(27-22)17-5-7-18(23)8-6-17/h2-13,15H,1H3/b11-4+. The molecule has 27 heavy (non-hydrogen) atoms. The number of ketones is 1. The zero-order valence-corrected chi connectivity index (χ0v) is 15.4. The molecule has 0 aliphatic rings. The Balaban J connectivity index is 1.67. The van der Waals surface area contributed by atoms with E-state index < -0.39 is 6.10 Å². The molecule has 5 heteroatoms. The number of rotatable bonds is 6. The van der Waals surface area contributed by atoms with Crippen molar-refractivity contribution in [2.24, 2.45) is 0 Å². The van der Waals surface area contributed by atoms with Gasteiger partial charge in [-0.3, -0.25) is 4.79 Å². The number of nitrogens with zero attached hydrogens (tertiary/aromatic N) is 1. The highest BCUT2D eigenvalue weighted by molar-refractivity contribution is 7.17. The molecule has 1 atom stereocenters. The van der Waals surface area contributed by atoms with Crippen LogP contribution in [0.1, 0.15) is 22.2 Å². The molecule has 0 bridgehead atoms. The van der Waals surface area contributed by atoms with Gasteiger partial charge in [-0.15, -0.1) is 11.3 Å². The predicted octanol–water partition coefficient (Wildman–Crippen LogP) is 5.74. The number of hydrogen-bond donors (Lipinski definition) is 0. The number of nitriles is 1. The monoisotopic (exact) mass is 377 g/mol. The molecular weight excluding hydrogens is 361 g/mol. The highest BCUT2D eigenvalue weighted by atomic mass is 32.1. The quantitative estimate of drug-likeness (QED) is 0.406. The molecule has 134 valence electrons. The summed E-state index contributed by atoms with van der Waals surface area (Å²) in [6.07, 6.45) is 2.74. The van der Waals surface area contributed by atoms with E-state index in [1.165, 1.54) is 29.5 Å². The van der Waals surface area contributed by atoms with Crippen molar-refractivity contribution in [3.63, 3.8) is 0 Å². The Morgan fingerprint density at radius 2 is 1.81 bits per heavy atom. The molecule has 3 nitrogen and oxygen atoms in total. The van der Waals surface area contributed by atoms with E-state index in [9.17, 15) is 9.18 Å².